The maximum Gasteiger partial charge on any atom is 0.146 e. The number of hydrogen-bond acceptors (Lipinski definition) is 1. The second-order valence-electron chi connectivity index (χ2n) is 11.4. The Morgan fingerprint density at radius 2 is 0.879 bits per heavy atom. The van der Waals surface area contributed by atoms with Gasteiger partial charge in [0.2, 0.25) is 0 Å². The Morgan fingerprint density at radius 3 is 1.09 bits per heavy atom. The standard InChI is InChI=1S/C29H48ClNSi2/c1-20(2)32(21(3)4,22(5)6)16-14-26-18-28(30)19-27(29(26)31-13)15-17-33(23(7)8,24(9)10)25(11)12/h18-25,31H,1-13H3. The van der Waals surface area contributed by atoms with Gasteiger partial charge in [-0.2, -0.15) is 0 Å². The first-order valence-corrected chi connectivity index (χ1v) is 17.6. The lowest BCUT2D eigenvalue weighted by molar-refractivity contribution is 0.838. The van der Waals surface area contributed by atoms with Crippen LogP contribution in [0.15, 0.2) is 12.1 Å². The summed E-state index contributed by atoms with van der Waals surface area (Å²) >= 11 is 6.61. The second-order valence-corrected chi connectivity index (χ2v) is 23.0. The fourth-order valence-corrected chi connectivity index (χ4v) is 16.9. The van der Waals surface area contributed by atoms with Crippen LogP contribution in [0.3, 0.4) is 0 Å². The van der Waals surface area contributed by atoms with Crippen LogP contribution in [0, 0.1) is 22.9 Å². The number of rotatable bonds is 7. The van der Waals surface area contributed by atoms with Gasteiger partial charge in [0.25, 0.3) is 0 Å². The molecule has 1 aromatic rings. The summed E-state index contributed by atoms with van der Waals surface area (Å²) in [6.07, 6.45) is 0. The van der Waals surface area contributed by atoms with E-state index in [9.17, 15) is 0 Å². The lowest BCUT2D eigenvalue weighted by Gasteiger charge is -2.38. The molecule has 0 aliphatic heterocycles. The van der Waals surface area contributed by atoms with E-state index in [1.54, 1.807) is 0 Å². The highest BCUT2D eigenvalue weighted by Gasteiger charge is 2.42. The molecule has 0 radical (unpaired) electrons. The second kappa shape index (κ2) is 12.0. The van der Waals surface area contributed by atoms with E-state index in [0.717, 1.165) is 16.8 Å². The monoisotopic (exact) mass is 501 g/mol. The molecule has 0 unspecified atom stereocenters. The van der Waals surface area contributed by atoms with Gasteiger partial charge in [0.15, 0.2) is 0 Å². The Balaban J connectivity index is 3.80. The third-order valence-electron chi connectivity index (χ3n) is 7.91. The number of anilines is 1. The van der Waals surface area contributed by atoms with E-state index in [0.29, 0.717) is 38.3 Å². The normalized spacial score (nSPS) is 12.5. The summed E-state index contributed by atoms with van der Waals surface area (Å²) in [6, 6.07) is 4.01. The molecule has 0 aromatic heterocycles. The predicted octanol–water partition coefficient (Wildman–Crippen LogP) is 9.52. The molecule has 184 valence electrons. The number of halogens is 1. The van der Waals surface area contributed by atoms with Crippen LogP contribution < -0.4 is 5.32 Å². The fraction of sp³-hybridized carbons (Fsp3) is 0.655. The Hall–Kier alpha value is -1.14. The number of nitrogens with one attached hydrogen (secondary N) is 1. The predicted molar refractivity (Wildman–Crippen MR) is 157 cm³/mol. The molecular formula is C29H48ClNSi2. The first kappa shape index (κ1) is 29.9. The van der Waals surface area contributed by atoms with Crippen molar-refractivity contribution < 1.29 is 0 Å². The molecule has 33 heavy (non-hydrogen) atoms. The maximum absolute atomic E-state index is 6.61. The van der Waals surface area contributed by atoms with Crippen LogP contribution in [0.5, 0.6) is 0 Å². The lowest BCUT2D eigenvalue weighted by atomic mass is 10.1. The van der Waals surface area contributed by atoms with Crippen molar-refractivity contribution in [2.45, 2.75) is 116 Å². The summed E-state index contributed by atoms with van der Waals surface area (Å²) in [5.74, 6) is 7.21. The Kier molecular flexibility index (Phi) is 10.9. The van der Waals surface area contributed by atoms with Crippen molar-refractivity contribution in [2.75, 3.05) is 12.4 Å². The minimum absolute atomic E-state index is 0.594. The maximum atomic E-state index is 6.61. The molecule has 0 spiro atoms. The van der Waals surface area contributed by atoms with Crippen molar-refractivity contribution in [3.8, 4) is 22.9 Å². The average molecular weight is 502 g/mol. The van der Waals surface area contributed by atoms with Crippen LogP contribution in [-0.4, -0.2) is 23.2 Å². The topological polar surface area (TPSA) is 12.0 Å². The molecule has 4 heteroatoms. The van der Waals surface area contributed by atoms with Crippen molar-refractivity contribution >= 4 is 33.4 Å². The van der Waals surface area contributed by atoms with Crippen LogP contribution in [-0.2, 0) is 0 Å². The summed E-state index contributed by atoms with van der Waals surface area (Å²) < 4.78 is 0. The van der Waals surface area contributed by atoms with Gasteiger partial charge in [-0.15, -0.1) is 11.1 Å². The van der Waals surface area contributed by atoms with E-state index in [1.807, 2.05) is 19.2 Å². The van der Waals surface area contributed by atoms with Gasteiger partial charge in [-0.25, -0.2) is 0 Å². The van der Waals surface area contributed by atoms with Crippen molar-refractivity contribution in [3.05, 3.63) is 28.3 Å². The third kappa shape index (κ3) is 6.11. The Morgan fingerprint density at radius 1 is 0.606 bits per heavy atom. The first-order chi connectivity index (χ1) is 15.2. The molecule has 0 atom stereocenters. The van der Waals surface area contributed by atoms with Crippen molar-refractivity contribution in [3.63, 3.8) is 0 Å². The molecule has 0 aliphatic rings. The van der Waals surface area contributed by atoms with E-state index in [2.05, 4.69) is 111 Å². The molecule has 0 saturated carbocycles. The van der Waals surface area contributed by atoms with Crippen LogP contribution in [0.1, 0.15) is 94.2 Å². The van der Waals surface area contributed by atoms with E-state index in [-0.39, 0.29) is 0 Å². The van der Waals surface area contributed by atoms with Crippen molar-refractivity contribution in [1.29, 1.82) is 0 Å². The van der Waals surface area contributed by atoms with Gasteiger partial charge >= 0.3 is 0 Å². The zero-order chi connectivity index (χ0) is 25.7. The molecule has 1 aromatic carbocycles. The highest BCUT2D eigenvalue weighted by Crippen LogP contribution is 2.42. The molecule has 0 heterocycles. The van der Waals surface area contributed by atoms with Crippen LogP contribution in [0.25, 0.3) is 0 Å². The molecule has 1 N–H and O–H groups in total. The summed E-state index contributed by atoms with van der Waals surface area (Å²) in [7, 11) is -1.70. The van der Waals surface area contributed by atoms with Gasteiger partial charge in [-0.05, 0) is 45.4 Å². The third-order valence-corrected chi connectivity index (χ3v) is 20.7. The van der Waals surface area contributed by atoms with Gasteiger partial charge in [0.05, 0.1) is 5.69 Å². The van der Waals surface area contributed by atoms with E-state index >= 15 is 0 Å². The summed E-state index contributed by atoms with van der Waals surface area (Å²) in [5, 5.41) is 4.11. The first-order valence-electron chi connectivity index (χ1n) is 12.8. The van der Waals surface area contributed by atoms with Gasteiger partial charge in [0, 0.05) is 23.2 Å². The molecule has 1 rings (SSSR count). The highest BCUT2D eigenvalue weighted by molar-refractivity contribution is 6.91. The van der Waals surface area contributed by atoms with Gasteiger partial charge in [-0.1, -0.05) is 107 Å². The smallest absolute Gasteiger partial charge is 0.146 e. The zero-order valence-electron chi connectivity index (χ0n) is 23.5. The van der Waals surface area contributed by atoms with Crippen molar-refractivity contribution in [1.82, 2.24) is 0 Å². The quantitative estimate of drug-likeness (QED) is 0.289. The number of hydrogen-bond donors (Lipinski definition) is 1. The van der Waals surface area contributed by atoms with Crippen LogP contribution in [0.2, 0.25) is 38.3 Å². The van der Waals surface area contributed by atoms with E-state index in [4.69, 9.17) is 11.6 Å². The molecule has 0 saturated heterocycles. The molecule has 0 amide bonds. The SMILES string of the molecule is CNc1c(C#C[Si](C(C)C)(C(C)C)C(C)C)cc(Cl)cc1C#C[Si](C(C)C)(C(C)C)C(C)C. The average Bonchev–Trinajstić information content (AvgIpc) is 2.67. The van der Waals surface area contributed by atoms with Crippen molar-refractivity contribution in [2.24, 2.45) is 0 Å². The van der Waals surface area contributed by atoms with E-state index in [1.165, 1.54) is 0 Å². The minimum atomic E-state index is -1.84. The lowest BCUT2D eigenvalue weighted by Crippen LogP contribution is -2.43. The van der Waals surface area contributed by atoms with Gasteiger partial charge in [0.1, 0.15) is 16.1 Å². The Bertz CT molecular complexity index is 806. The molecule has 0 fully saturated rings. The molecular weight excluding hydrogens is 454 g/mol. The molecule has 0 aliphatic carbocycles. The summed E-state index contributed by atoms with van der Waals surface area (Å²) in [6.45, 7) is 28.2. The van der Waals surface area contributed by atoms with E-state index < -0.39 is 16.1 Å². The molecule has 1 nitrogen and oxygen atoms in total. The zero-order valence-corrected chi connectivity index (χ0v) is 26.3. The highest BCUT2D eigenvalue weighted by atomic mass is 35.5. The summed E-state index contributed by atoms with van der Waals surface area (Å²) in [5.41, 5.74) is 14.2. The fourth-order valence-electron chi connectivity index (χ4n) is 6.29. The van der Waals surface area contributed by atoms with Crippen LogP contribution in [0.4, 0.5) is 5.69 Å². The Labute approximate surface area is 212 Å². The van der Waals surface area contributed by atoms with Gasteiger partial charge < -0.3 is 5.32 Å². The van der Waals surface area contributed by atoms with Crippen LogP contribution >= 0.6 is 11.6 Å². The molecule has 0 bridgehead atoms. The van der Waals surface area contributed by atoms with Gasteiger partial charge in [-0.3, -0.25) is 0 Å². The minimum Gasteiger partial charge on any atom is -0.386 e. The number of benzene rings is 1. The summed E-state index contributed by atoms with van der Waals surface area (Å²) in [4.78, 5) is 0. The largest absolute Gasteiger partial charge is 0.386 e.